The average molecular weight is 383 g/mol. The molecular weight excluding hydrogens is 370 g/mol. The first kappa shape index (κ1) is 17.0. The predicted molar refractivity (Wildman–Crippen MR) is 99.5 cm³/mol. The van der Waals surface area contributed by atoms with Gasteiger partial charge in [-0.05, 0) is 12.3 Å². The van der Waals surface area contributed by atoms with Crippen molar-refractivity contribution in [2.24, 2.45) is 5.10 Å². The molecule has 0 fully saturated rings. The minimum absolute atomic E-state index is 0.0350. The van der Waals surface area contributed by atoms with E-state index in [0.717, 1.165) is 5.56 Å². The monoisotopic (exact) mass is 383 g/mol. The van der Waals surface area contributed by atoms with E-state index in [-0.39, 0.29) is 12.5 Å². The molecule has 0 spiro atoms. The third-order valence-corrected chi connectivity index (χ3v) is 4.48. The molecule has 0 aliphatic carbocycles. The lowest BCUT2D eigenvalue weighted by molar-refractivity contribution is -0.385. The van der Waals surface area contributed by atoms with Gasteiger partial charge in [0.2, 0.25) is 11.9 Å². The Labute approximate surface area is 157 Å². The fraction of sp³-hybridized carbons (Fsp3) is 0.118. The van der Waals surface area contributed by atoms with Gasteiger partial charge in [-0.2, -0.15) is 9.78 Å². The van der Waals surface area contributed by atoms with Crippen molar-refractivity contribution in [1.29, 1.82) is 0 Å². The van der Waals surface area contributed by atoms with Gasteiger partial charge in [-0.1, -0.05) is 42.1 Å². The van der Waals surface area contributed by atoms with Gasteiger partial charge in [0.15, 0.2) is 17.3 Å². The van der Waals surface area contributed by atoms with Gasteiger partial charge in [-0.15, -0.1) is 10.2 Å². The molecule has 0 saturated heterocycles. The Bertz CT molecular complexity index is 1040. The van der Waals surface area contributed by atoms with Crippen molar-refractivity contribution in [1.82, 2.24) is 14.9 Å². The van der Waals surface area contributed by atoms with Crippen molar-refractivity contribution >= 4 is 23.7 Å². The van der Waals surface area contributed by atoms with Gasteiger partial charge in [0.25, 0.3) is 5.69 Å². The molecular formula is C17H13N5O4S. The van der Waals surface area contributed by atoms with E-state index in [1.807, 2.05) is 36.6 Å². The maximum atomic E-state index is 11.4. The van der Waals surface area contributed by atoms with Gasteiger partial charge in [-0.25, -0.2) is 0 Å². The first-order valence-electron chi connectivity index (χ1n) is 7.84. The topological polar surface area (TPSA) is 105 Å². The molecule has 4 rings (SSSR count). The number of thioether (sulfide) groups is 1. The number of rotatable bonds is 5. The smallest absolute Gasteiger partial charge is 0.282 e. The highest BCUT2D eigenvalue weighted by atomic mass is 32.2. The zero-order chi connectivity index (χ0) is 18.8. The lowest BCUT2D eigenvalue weighted by Crippen LogP contribution is -1.99. The summed E-state index contributed by atoms with van der Waals surface area (Å²) in [6.07, 6.45) is 3.25. The molecule has 0 unspecified atom stereocenters. The molecule has 0 N–H and O–H groups in total. The molecule has 1 aliphatic rings. The number of nitro benzene ring substituents is 1. The second-order valence-electron chi connectivity index (χ2n) is 5.45. The van der Waals surface area contributed by atoms with Crippen molar-refractivity contribution in [2.75, 3.05) is 13.0 Å². The van der Waals surface area contributed by atoms with Gasteiger partial charge in [0.05, 0.1) is 22.8 Å². The Morgan fingerprint density at radius 2 is 1.96 bits per heavy atom. The fourth-order valence-corrected chi connectivity index (χ4v) is 3.02. The standard InChI is InChI=1S/C17H13N5O4S/c1-27-17-20-19-16(11-5-3-2-4-6-11)21(17)18-9-12-7-14-15(26-10-25-14)8-13(12)22(23)24/h2-9H,10H2,1H3. The maximum Gasteiger partial charge on any atom is 0.282 e. The number of nitro groups is 1. The Kier molecular flexibility index (Phi) is 4.47. The van der Waals surface area contributed by atoms with Gasteiger partial charge >= 0.3 is 0 Å². The number of ether oxygens (including phenoxy) is 2. The van der Waals surface area contributed by atoms with E-state index in [4.69, 9.17) is 9.47 Å². The number of fused-ring (bicyclic) bond motifs is 1. The Balaban J connectivity index is 1.78. The third kappa shape index (κ3) is 3.22. The summed E-state index contributed by atoms with van der Waals surface area (Å²) in [4.78, 5) is 10.9. The number of nitrogens with zero attached hydrogens (tertiary/aromatic N) is 5. The molecule has 136 valence electrons. The number of aromatic nitrogens is 3. The van der Waals surface area contributed by atoms with Crippen LogP contribution in [0.25, 0.3) is 11.4 Å². The average Bonchev–Trinajstić information content (AvgIpc) is 3.32. The first-order valence-corrected chi connectivity index (χ1v) is 9.07. The quantitative estimate of drug-likeness (QED) is 0.288. The zero-order valence-corrected chi connectivity index (χ0v) is 14.9. The van der Waals surface area contributed by atoms with E-state index >= 15 is 0 Å². The summed E-state index contributed by atoms with van der Waals surface area (Å²) in [6.45, 7) is 0.0350. The van der Waals surface area contributed by atoms with Crippen molar-refractivity contribution in [3.63, 3.8) is 0 Å². The fourth-order valence-electron chi connectivity index (χ4n) is 2.59. The Morgan fingerprint density at radius 1 is 1.22 bits per heavy atom. The molecule has 0 amide bonds. The predicted octanol–water partition coefficient (Wildman–Crippen LogP) is 3.19. The molecule has 9 nitrogen and oxygen atoms in total. The summed E-state index contributed by atoms with van der Waals surface area (Å²) in [5.41, 5.74) is 1.01. The first-order chi connectivity index (χ1) is 13.2. The molecule has 2 aromatic carbocycles. The zero-order valence-electron chi connectivity index (χ0n) is 14.1. The molecule has 10 heteroatoms. The van der Waals surface area contributed by atoms with Crippen LogP contribution in [0, 0.1) is 10.1 Å². The van der Waals surface area contributed by atoms with Crippen molar-refractivity contribution in [3.05, 3.63) is 58.1 Å². The number of benzene rings is 2. The molecule has 3 aromatic rings. The van der Waals surface area contributed by atoms with Crippen LogP contribution < -0.4 is 9.47 Å². The normalized spacial score (nSPS) is 12.6. The van der Waals surface area contributed by atoms with Crippen LogP contribution in [0.2, 0.25) is 0 Å². The molecule has 1 aliphatic heterocycles. The van der Waals surface area contributed by atoms with E-state index in [1.165, 1.54) is 30.1 Å². The van der Waals surface area contributed by atoms with Gasteiger partial charge in [0, 0.05) is 5.56 Å². The lowest BCUT2D eigenvalue weighted by atomic mass is 10.1. The van der Waals surface area contributed by atoms with Gasteiger partial charge in [0.1, 0.15) is 0 Å². The second kappa shape index (κ2) is 7.08. The molecule has 0 radical (unpaired) electrons. The molecule has 0 saturated carbocycles. The van der Waals surface area contributed by atoms with Crippen LogP contribution in [0.3, 0.4) is 0 Å². The summed E-state index contributed by atoms with van der Waals surface area (Å²) in [6, 6.07) is 12.3. The minimum Gasteiger partial charge on any atom is -0.454 e. The molecule has 0 bridgehead atoms. The van der Waals surface area contributed by atoms with Crippen LogP contribution in [0.5, 0.6) is 11.5 Å². The van der Waals surface area contributed by atoms with Crippen molar-refractivity contribution < 1.29 is 14.4 Å². The highest BCUT2D eigenvalue weighted by molar-refractivity contribution is 7.98. The summed E-state index contributed by atoms with van der Waals surface area (Å²) in [7, 11) is 0. The summed E-state index contributed by atoms with van der Waals surface area (Å²) in [5.74, 6) is 1.33. The Hall–Kier alpha value is -3.40. The summed E-state index contributed by atoms with van der Waals surface area (Å²) < 4.78 is 12.1. The van der Waals surface area contributed by atoms with Crippen LogP contribution in [-0.4, -0.2) is 39.1 Å². The second-order valence-corrected chi connectivity index (χ2v) is 6.23. The number of hydrogen-bond donors (Lipinski definition) is 0. The largest absolute Gasteiger partial charge is 0.454 e. The molecule has 0 atom stereocenters. The Morgan fingerprint density at radius 3 is 2.67 bits per heavy atom. The van der Waals surface area contributed by atoms with Crippen molar-refractivity contribution in [2.45, 2.75) is 5.16 Å². The highest BCUT2D eigenvalue weighted by Crippen LogP contribution is 2.37. The van der Waals surface area contributed by atoms with E-state index in [2.05, 4.69) is 15.3 Å². The maximum absolute atomic E-state index is 11.4. The van der Waals surface area contributed by atoms with Crippen LogP contribution in [0.1, 0.15) is 5.56 Å². The van der Waals surface area contributed by atoms with Crippen molar-refractivity contribution in [3.8, 4) is 22.9 Å². The SMILES string of the molecule is CSc1nnc(-c2ccccc2)n1N=Cc1cc2c(cc1[N+](=O)[O-])OCO2. The van der Waals surface area contributed by atoms with Crippen LogP contribution >= 0.6 is 11.8 Å². The summed E-state index contributed by atoms with van der Waals surface area (Å²) in [5, 5.41) is 24.7. The van der Waals surface area contributed by atoms with E-state index in [1.54, 1.807) is 4.68 Å². The molecule has 1 aromatic heterocycles. The van der Waals surface area contributed by atoms with Crippen LogP contribution in [0.15, 0.2) is 52.7 Å². The van der Waals surface area contributed by atoms with Gasteiger partial charge in [-0.3, -0.25) is 10.1 Å². The molecule has 2 heterocycles. The highest BCUT2D eigenvalue weighted by Gasteiger charge is 2.23. The van der Waals surface area contributed by atoms with E-state index in [9.17, 15) is 10.1 Å². The minimum atomic E-state index is -0.483. The summed E-state index contributed by atoms with van der Waals surface area (Å²) >= 11 is 1.37. The van der Waals surface area contributed by atoms with Crippen LogP contribution in [0.4, 0.5) is 5.69 Å². The lowest BCUT2D eigenvalue weighted by Gasteiger charge is -2.04. The van der Waals surface area contributed by atoms with Gasteiger partial charge < -0.3 is 9.47 Å². The third-order valence-electron chi connectivity index (χ3n) is 3.86. The van der Waals surface area contributed by atoms with Crippen LogP contribution in [-0.2, 0) is 0 Å². The number of hydrogen-bond acceptors (Lipinski definition) is 8. The molecule has 27 heavy (non-hydrogen) atoms. The van der Waals surface area contributed by atoms with E-state index < -0.39 is 4.92 Å². The van der Waals surface area contributed by atoms with E-state index in [0.29, 0.717) is 28.0 Å².